The lowest BCUT2D eigenvalue weighted by Gasteiger charge is -2.18. The summed E-state index contributed by atoms with van der Waals surface area (Å²) in [6.45, 7) is 8.22. The zero-order valence-corrected chi connectivity index (χ0v) is 10.2. The summed E-state index contributed by atoms with van der Waals surface area (Å²) < 4.78 is 0. The zero-order chi connectivity index (χ0) is 12.0. The van der Waals surface area contributed by atoms with E-state index >= 15 is 0 Å². The number of hydrogen-bond donors (Lipinski definition) is 1. The molecule has 0 fully saturated rings. The number of hydrogen-bond acceptors (Lipinski definition) is 3. The normalized spacial score (nSPS) is 9.94. The molecule has 0 aliphatic heterocycles. The third-order valence-electron chi connectivity index (χ3n) is 2.42. The van der Waals surface area contributed by atoms with Crippen LogP contribution in [0.4, 0.5) is 5.82 Å². The van der Waals surface area contributed by atoms with Gasteiger partial charge in [-0.2, -0.15) is 0 Å². The van der Waals surface area contributed by atoms with E-state index in [-0.39, 0.29) is 5.91 Å². The number of rotatable bonds is 5. The standard InChI is InChI=1S/C12H19N3O/c1-4-13-11-9-10(7-8-14-11)12(16)15(5-2)6-3/h7-9H,4-6H2,1-3H3,(H,13,14). The van der Waals surface area contributed by atoms with E-state index in [4.69, 9.17) is 0 Å². The van der Waals surface area contributed by atoms with Crippen LogP contribution >= 0.6 is 0 Å². The Labute approximate surface area is 96.7 Å². The molecule has 0 bridgehead atoms. The molecule has 88 valence electrons. The van der Waals surface area contributed by atoms with Crippen molar-refractivity contribution in [2.45, 2.75) is 20.8 Å². The van der Waals surface area contributed by atoms with Gasteiger partial charge in [-0.3, -0.25) is 4.79 Å². The summed E-state index contributed by atoms with van der Waals surface area (Å²) in [7, 11) is 0. The molecule has 1 heterocycles. The maximum Gasteiger partial charge on any atom is 0.254 e. The monoisotopic (exact) mass is 221 g/mol. The van der Waals surface area contributed by atoms with Gasteiger partial charge >= 0.3 is 0 Å². The number of nitrogens with one attached hydrogen (secondary N) is 1. The summed E-state index contributed by atoms with van der Waals surface area (Å²) in [6, 6.07) is 3.55. The molecule has 4 nitrogen and oxygen atoms in total. The Hall–Kier alpha value is -1.58. The number of carbonyl (C=O) groups is 1. The van der Waals surface area contributed by atoms with E-state index in [1.165, 1.54) is 0 Å². The van der Waals surface area contributed by atoms with E-state index in [9.17, 15) is 4.79 Å². The fourth-order valence-corrected chi connectivity index (χ4v) is 1.53. The van der Waals surface area contributed by atoms with E-state index in [0.717, 1.165) is 25.5 Å². The van der Waals surface area contributed by atoms with Gasteiger partial charge < -0.3 is 10.2 Å². The second kappa shape index (κ2) is 6.10. The largest absolute Gasteiger partial charge is 0.370 e. The lowest BCUT2D eigenvalue weighted by Crippen LogP contribution is -2.30. The Kier molecular flexibility index (Phi) is 4.76. The van der Waals surface area contributed by atoms with Crippen LogP contribution in [0, 0.1) is 0 Å². The quantitative estimate of drug-likeness (QED) is 0.827. The highest BCUT2D eigenvalue weighted by molar-refractivity contribution is 5.94. The van der Waals surface area contributed by atoms with Gasteiger partial charge in [-0.25, -0.2) is 4.98 Å². The lowest BCUT2D eigenvalue weighted by atomic mass is 10.2. The minimum Gasteiger partial charge on any atom is -0.370 e. The van der Waals surface area contributed by atoms with Crippen molar-refractivity contribution in [1.82, 2.24) is 9.88 Å². The van der Waals surface area contributed by atoms with Crippen molar-refractivity contribution in [2.24, 2.45) is 0 Å². The molecule has 16 heavy (non-hydrogen) atoms. The molecule has 0 atom stereocenters. The number of nitrogens with zero attached hydrogens (tertiary/aromatic N) is 2. The molecule has 0 aliphatic rings. The summed E-state index contributed by atoms with van der Waals surface area (Å²) in [5.41, 5.74) is 0.689. The molecule has 4 heteroatoms. The molecule has 0 saturated heterocycles. The van der Waals surface area contributed by atoms with Gasteiger partial charge in [-0.1, -0.05) is 0 Å². The highest BCUT2D eigenvalue weighted by atomic mass is 16.2. The van der Waals surface area contributed by atoms with E-state index in [1.54, 1.807) is 23.2 Å². The topological polar surface area (TPSA) is 45.2 Å². The second-order valence-corrected chi connectivity index (χ2v) is 3.44. The van der Waals surface area contributed by atoms with Crippen molar-refractivity contribution >= 4 is 11.7 Å². The van der Waals surface area contributed by atoms with Crippen LogP contribution in [0.15, 0.2) is 18.3 Å². The summed E-state index contributed by atoms with van der Waals surface area (Å²) in [6.07, 6.45) is 1.66. The molecule has 0 spiro atoms. The smallest absolute Gasteiger partial charge is 0.254 e. The third-order valence-corrected chi connectivity index (χ3v) is 2.42. The average Bonchev–Trinajstić information content (AvgIpc) is 2.31. The fraction of sp³-hybridized carbons (Fsp3) is 0.500. The molecule has 1 rings (SSSR count). The molecule has 0 radical (unpaired) electrons. The first-order valence-electron chi connectivity index (χ1n) is 5.72. The van der Waals surface area contributed by atoms with E-state index in [2.05, 4.69) is 10.3 Å². The SMILES string of the molecule is CCNc1cc(C(=O)N(CC)CC)ccn1. The first kappa shape index (κ1) is 12.5. The molecule has 1 aromatic heterocycles. The predicted molar refractivity (Wildman–Crippen MR) is 65.7 cm³/mol. The molecule has 1 N–H and O–H groups in total. The van der Waals surface area contributed by atoms with Gasteiger partial charge in [0.15, 0.2) is 0 Å². The highest BCUT2D eigenvalue weighted by Gasteiger charge is 2.12. The zero-order valence-electron chi connectivity index (χ0n) is 10.2. The number of aromatic nitrogens is 1. The van der Waals surface area contributed by atoms with Gasteiger partial charge in [-0.05, 0) is 32.9 Å². The number of pyridine rings is 1. The number of anilines is 1. The van der Waals surface area contributed by atoms with Crippen LogP contribution in [0.3, 0.4) is 0 Å². The fourth-order valence-electron chi connectivity index (χ4n) is 1.53. The highest BCUT2D eigenvalue weighted by Crippen LogP contribution is 2.09. The number of amides is 1. The van der Waals surface area contributed by atoms with Gasteiger partial charge in [0.2, 0.25) is 0 Å². The van der Waals surface area contributed by atoms with Crippen LogP contribution in [0.5, 0.6) is 0 Å². The van der Waals surface area contributed by atoms with Crippen LogP contribution in [0.1, 0.15) is 31.1 Å². The maximum atomic E-state index is 12.0. The summed E-state index contributed by atoms with van der Waals surface area (Å²) in [5, 5.41) is 3.10. The number of carbonyl (C=O) groups excluding carboxylic acids is 1. The van der Waals surface area contributed by atoms with Gasteiger partial charge in [0.1, 0.15) is 5.82 Å². The van der Waals surface area contributed by atoms with Crippen LogP contribution in [0.2, 0.25) is 0 Å². The molecule has 0 saturated carbocycles. The van der Waals surface area contributed by atoms with Crippen molar-refractivity contribution in [3.05, 3.63) is 23.9 Å². The van der Waals surface area contributed by atoms with E-state index in [1.807, 2.05) is 20.8 Å². The van der Waals surface area contributed by atoms with Crippen molar-refractivity contribution in [1.29, 1.82) is 0 Å². The van der Waals surface area contributed by atoms with Gasteiger partial charge in [0.05, 0.1) is 0 Å². The van der Waals surface area contributed by atoms with Gasteiger partial charge in [-0.15, -0.1) is 0 Å². The van der Waals surface area contributed by atoms with Crippen molar-refractivity contribution in [3.63, 3.8) is 0 Å². The van der Waals surface area contributed by atoms with Crippen LogP contribution < -0.4 is 5.32 Å². The summed E-state index contributed by atoms with van der Waals surface area (Å²) in [5.74, 6) is 0.812. The van der Waals surface area contributed by atoms with Crippen molar-refractivity contribution in [3.8, 4) is 0 Å². The predicted octanol–water partition coefficient (Wildman–Crippen LogP) is 2.00. The Morgan fingerprint density at radius 1 is 1.38 bits per heavy atom. The first-order valence-corrected chi connectivity index (χ1v) is 5.72. The third kappa shape index (κ3) is 2.95. The Morgan fingerprint density at radius 2 is 2.06 bits per heavy atom. The average molecular weight is 221 g/mol. The maximum absolute atomic E-state index is 12.0. The van der Waals surface area contributed by atoms with Crippen LogP contribution in [-0.4, -0.2) is 35.4 Å². The first-order chi connectivity index (χ1) is 7.72. The van der Waals surface area contributed by atoms with Crippen LogP contribution in [-0.2, 0) is 0 Å². The Morgan fingerprint density at radius 3 is 2.62 bits per heavy atom. The molecule has 0 aliphatic carbocycles. The molecule has 0 unspecified atom stereocenters. The van der Waals surface area contributed by atoms with E-state index in [0.29, 0.717) is 5.56 Å². The minimum atomic E-state index is 0.0616. The molecule has 1 amide bonds. The van der Waals surface area contributed by atoms with Crippen LogP contribution in [0.25, 0.3) is 0 Å². The molecular weight excluding hydrogens is 202 g/mol. The second-order valence-electron chi connectivity index (χ2n) is 3.44. The van der Waals surface area contributed by atoms with Gasteiger partial charge in [0, 0.05) is 31.4 Å². The Balaban J connectivity index is 2.86. The molecule has 1 aromatic rings. The summed E-state index contributed by atoms with van der Waals surface area (Å²) >= 11 is 0. The summed E-state index contributed by atoms with van der Waals surface area (Å²) in [4.78, 5) is 18.0. The van der Waals surface area contributed by atoms with Gasteiger partial charge in [0.25, 0.3) is 5.91 Å². The molecule has 0 aromatic carbocycles. The molecular formula is C12H19N3O. The van der Waals surface area contributed by atoms with Crippen molar-refractivity contribution < 1.29 is 4.79 Å². The van der Waals surface area contributed by atoms with Crippen molar-refractivity contribution in [2.75, 3.05) is 25.0 Å². The van der Waals surface area contributed by atoms with E-state index < -0.39 is 0 Å². The Bertz CT molecular complexity index is 348. The minimum absolute atomic E-state index is 0.0616. The lowest BCUT2D eigenvalue weighted by molar-refractivity contribution is 0.0773.